The highest BCUT2D eigenvalue weighted by atomic mass is 16.5. The first-order valence-corrected chi connectivity index (χ1v) is 4.96. The third kappa shape index (κ3) is 1.55. The Morgan fingerprint density at radius 2 is 2.23 bits per heavy atom. The van der Waals surface area contributed by atoms with Crippen molar-refractivity contribution in [3.63, 3.8) is 0 Å². The molecule has 0 bridgehead atoms. The van der Waals surface area contributed by atoms with Gasteiger partial charge in [0.25, 0.3) is 0 Å². The third-order valence-corrected chi connectivity index (χ3v) is 2.91. The highest BCUT2D eigenvalue weighted by Gasteiger charge is 2.17. The van der Waals surface area contributed by atoms with E-state index in [9.17, 15) is 0 Å². The van der Waals surface area contributed by atoms with Crippen LogP contribution >= 0.6 is 0 Å². The van der Waals surface area contributed by atoms with Crippen molar-refractivity contribution in [3.8, 4) is 5.75 Å². The fraction of sp³-hybridized carbons (Fsp3) is 0.500. The zero-order chi connectivity index (χ0) is 9.26. The molecule has 0 N–H and O–H groups in total. The van der Waals surface area contributed by atoms with Gasteiger partial charge in [0.2, 0.25) is 0 Å². The maximum atomic E-state index is 5.35. The summed E-state index contributed by atoms with van der Waals surface area (Å²) in [7, 11) is 1.76. The third-order valence-electron chi connectivity index (χ3n) is 2.91. The Labute approximate surface area is 79.7 Å². The number of benzene rings is 1. The number of methoxy groups -OCH3 is 1. The van der Waals surface area contributed by atoms with Crippen molar-refractivity contribution in [1.29, 1.82) is 0 Å². The topological polar surface area (TPSA) is 9.23 Å². The van der Waals surface area contributed by atoms with E-state index in [4.69, 9.17) is 4.74 Å². The second kappa shape index (κ2) is 3.41. The number of rotatable bonds is 1. The summed E-state index contributed by atoms with van der Waals surface area (Å²) in [5.41, 5.74) is 2.92. The van der Waals surface area contributed by atoms with Gasteiger partial charge in [-0.1, -0.05) is 19.1 Å². The van der Waals surface area contributed by atoms with E-state index in [1.54, 1.807) is 7.11 Å². The Hall–Kier alpha value is -0.980. The molecular formula is C12H16O. The molecule has 2 rings (SSSR count). The zero-order valence-corrected chi connectivity index (χ0v) is 8.34. The predicted octanol–water partition coefficient (Wildman–Crippen LogP) is 2.82. The van der Waals surface area contributed by atoms with E-state index in [1.165, 1.54) is 30.4 Å². The predicted molar refractivity (Wildman–Crippen MR) is 54.2 cm³/mol. The average Bonchev–Trinajstić information content (AvgIpc) is 2.16. The van der Waals surface area contributed by atoms with Crippen molar-refractivity contribution in [2.75, 3.05) is 7.11 Å². The molecule has 1 atom stereocenters. The van der Waals surface area contributed by atoms with Crippen molar-refractivity contribution in [2.45, 2.75) is 26.2 Å². The van der Waals surface area contributed by atoms with E-state index in [-0.39, 0.29) is 0 Å². The van der Waals surface area contributed by atoms with Crippen LogP contribution in [0.1, 0.15) is 24.5 Å². The van der Waals surface area contributed by atoms with E-state index in [0.717, 1.165) is 11.7 Å². The smallest absolute Gasteiger partial charge is 0.122 e. The Kier molecular flexibility index (Phi) is 2.26. The molecular weight excluding hydrogens is 160 g/mol. The normalized spacial score (nSPS) is 20.9. The Bertz CT molecular complexity index is 304. The second-order valence-electron chi connectivity index (χ2n) is 3.95. The van der Waals surface area contributed by atoms with Crippen molar-refractivity contribution < 1.29 is 4.74 Å². The fourth-order valence-electron chi connectivity index (χ4n) is 2.15. The Morgan fingerprint density at radius 1 is 1.38 bits per heavy atom. The van der Waals surface area contributed by atoms with Gasteiger partial charge in [0, 0.05) is 0 Å². The van der Waals surface area contributed by atoms with E-state index in [1.807, 2.05) is 0 Å². The summed E-state index contributed by atoms with van der Waals surface area (Å²) in [6, 6.07) is 6.39. The summed E-state index contributed by atoms with van der Waals surface area (Å²) in [6.07, 6.45) is 3.69. The molecule has 0 saturated carbocycles. The molecule has 0 fully saturated rings. The standard InChI is InChI=1S/C12H16O/c1-9-6-7-11-10(8-9)4-3-5-12(11)13-2/h3-5,9H,6-8H2,1-2H3. The quantitative estimate of drug-likeness (QED) is 0.639. The van der Waals surface area contributed by atoms with Gasteiger partial charge in [-0.3, -0.25) is 0 Å². The van der Waals surface area contributed by atoms with Gasteiger partial charge in [-0.2, -0.15) is 0 Å². The maximum Gasteiger partial charge on any atom is 0.122 e. The molecule has 1 heteroatoms. The van der Waals surface area contributed by atoms with Gasteiger partial charge in [-0.05, 0) is 42.4 Å². The molecule has 0 radical (unpaired) electrons. The molecule has 0 aliphatic heterocycles. The molecule has 0 spiro atoms. The monoisotopic (exact) mass is 176 g/mol. The Morgan fingerprint density at radius 3 is 3.00 bits per heavy atom. The van der Waals surface area contributed by atoms with Crippen LogP contribution in [0, 0.1) is 5.92 Å². The largest absolute Gasteiger partial charge is 0.496 e. The molecule has 0 amide bonds. The maximum absolute atomic E-state index is 5.35. The van der Waals surface area contributed by atoms with Crippen molar-refractivity contribution >= 4 is 0 Å². The molecule has 70 valence electrons. The van der Waals surface area contributed by atoms with Crippen molar-refractivity contribution in [1.82, 2.24) is 0 Å². The molecule has 13 heavy (non-hydrogen) atoms. The summed E-state index contributed by atoms with van der Waals surface area (Å²) in [5.74, 6) is 1.91. The SMILES string of the molecule is COc1cccc2c1CCC(C)C2. The molecule has 0 heterocycles. The summed E-state index contributed by atoms with van der Waals surface area (Å²) < 4.78 is 5.35. The minimum absolute atomic E-state index is 0.833. The lowest BCUT2D eigenvalue weighted by atomic mass is 9.84. The minimum atomic E-state index is 0.833. The molecule has 1 aromatic carbocycles. The van der Waals surface area contributed by atoms with Crippen LogP contribution in [0.4, 0.5) is 0 Å². The molecule has 1 unspecified atom stereocenters. The Balaban J connectivity index is 2.39. The summed E-state index contributed by atoms with van der Waals surface area (Å²) in [5, 5.41) is 0. The van der Waals surface area contributed by atoms with Crippen LogP contribution in [0.15, 0.2) is 18.2 Å². The van der Waals surface area contributed by atoms with Gasteiger partial charge in [0.05, 0.1) is 7.11 Å². The lowest BCUT2D eigenvalue weighted by Crippen LogP contribution is -2.12. The molecule has 1 nitrogen and oxygen atoms in total. The first kappa shape index (κ1) is 8.61. The fourth-order valence-corrected chi connectivity index (χ4v) is 2.15. The number of hydrogen-bond donors (Lipinski definition) is 0. The van der Waals surface area contributed by atoms with E-state index < -0.39 is 0 Å². The highest BCUT2D eigenvalue weighted by Crippen LogP contribution is 2.31. The van der Waals surface area contributed by atoms with E-state index in [2.05, 4.69) is 25.1 Å². The van der Waals surface area contributed by atoms with Crippen LogP contribution in [0.2, 0.25) is 0 Å². The molecule has 0 saturated heterocycles. The van der Waals surface area contributed by atoms with Gasteiger partial charge < -0.3 is 4.74 Å². The van der Waals surface area contributed by atoms with Crippen molar-refractivity contribution in [3.05, 3.63) is 29.3 Å². The van der Waals surface area contributed by atoms with Gasteiger partial charge >= 0.3 is 0 Å². The van der Waals surface area contributed by atoms with Crippen LogP contribution in [0.25, 0.3) is 0 Å². The summed E-state index contributed by atoms with van der Waals surface area (Å²) in [6.45, 7) is 2.32. The lowest BCUT2D eigenvalue weighted by Gasteiger charge is -2.22. The lowest BCUT2D eigenvalue weighted by molar-refractivity contribution is 0.399. The average molecular weight is 176 g/mol. The van der Waals surface area contributed by atoms with E-state index in [0.29, 0.717) is 0 Å². The van der Waals surface area contributed by atoms with Crippen LogP contribution in [-0.4, -0.2) is 7.11 Å². The number of ether oxygens (including phenoxy) is 1. The minimum Gasteiger partial charge on any atom is -0.496 e. The van der Waals surface area contributed by atoms with Gasteiger partial charge in [-0.25, -0.2) is 0 Å². The molecule has 1 aliphatic carbocycles. The number of fused-ring (bicyclic) bond motifs is 1. The first-order valence-electron chi connectivity index (χ1n) is 4.96. The highest BCUT2D eigenvalue weighted by molar-refractivity contribution is 5.41. The van der Waals surface area contributed by atoms with Crippen LogP contribution in [0.5, 0.6) is 5.75 Å². The zero-order valence-electron chi connectivity index (χ0n) is 8.34. The number of hydrogen-bond acceptors (Lipinski definition) is 1. The van der Waals surface area contributed by atoms with Crippen LogP contribution in [0.3, 0.4) is 0 Å². The van der Waals surface area contributed by atoms with E-state index >= 15 is 0 Å². The first-order chi connectivity index (χ1) is 6.31. The second-order valence-corrected chi connectivity index (χ2v) is 3.95. The van der Waals surface area contributed by atoms with Gasteiger partial charge in [-0.15, -0.1) is 0 Å². The molecule has 0 aromatic heterocycles. The van der Waals surface area contributed by atoms with Crippen molar-refractivity contribution in [2.24, 2.45) is 5.92 Å². The molecule has 1 aromatic rings. The van der Waals surface area contributed by atoms with Gasteiger partial charge in [0.1, 0.15) is 5.75 Å². The van der Waals surface area contributed by atoms with Crippen LogP contribution in [-0.2, 0) is 12.8 Å². The van der Waals surface area contributed by atoms with Crippen LogP contribution < -0.4 is 4.74 Å². The van der Waals surface area contributed by atoms with Gasteiger partial charge in [0.15, 0.2) is 0 Å². The summed E-state index contributed by atoms with van der Waals surface area (Å²) >= 11 is 0. The molecule has 1 aliphatic rings. The summed E-state index contributed by atoms with van der Waals surface area (Å²) in [4.78, 5) is 0.